The van der Waals surface area contributed by atoms with E-state index in [-0.39, 0.29) is 0 Å². The lowest BCUT2D eigenvalue weighted by Gasteiger charge is -2.34. The summed E-state index contributed by atoms with van der Waals surface area (Å²) in [5.74, 6) is 0. The topological polar surface area (TPSA) is 0 Å². The van der Waals surface area contributed by atoms with Gasteiger partial charge in [-0.25, -0.2) is 0 Å². The van der Waals surface area contributed by atoms with Crippen molar-refractivity contribution < 1.29 is 17.9 Å². The van der Waals surface area contributed by atoms with Crippen molar-refractivity contribution in [2.45, 2.75) is 128 Å². The van der Waals surface area contributed by atoms with Gasteiger partial charge in [0, 0.05) is 0 Å². The van der Waals surface area contributed by atoms with Crippen molar-refractivity contribution in [3.8, 4) is 0 Å². The Hall–Kier alpha value is -3.36. The van der Waals surface area contributed by atoms with Crippen molar-refractivity contribution in [2.24, 2.45) is 0 Å². The van der Waals surface area contributed by atoms with Crippen molar-refractivity contribution in [2.75, 3.05) is 136 Å². The van der Waals surface area contributed by atoms with Crippen LogP contribution in [0, 0.1) is 0 Å². The van der Waals surface area contributed by atoms with Gasteiger partial charge >= 0.3 is 0 Å². The molecule has 4 aromatic rings. The number of hydrogen-bond donors (Lipinski definition) is 0. The van der Waals surface area contributed by atoms with Gasteiger partial charge < -0.3 is 17.9 Å². The van der Waals surface area contributed by atoms with E-state index < -0.39 is 0 Å². The Balaban J connectivity index is 0.939. The van der Waals surface area contributed by atoms with E-state index >= 15 is 0 Å². The van der Waals surface area contributed by atoms with Crippen molar-refractivity contribution >= 4 is 22.7 Å². The molecule has 0 N–H and O–H groups in total. The van der Waals surface area contributed by atoms with Crippen LogP contribution >= 0.6 is 0 Å². The fraction of sp³-hybridized carbons (Fsp3) is 0.625. The Kier molecular flexibility index (Phi) is 25.9. The quantitative estimate of drug-likeness (QED) is 0.0309. The van der Waals surface area contributed by atoms with Crippen LogP contribution in [0.15, 0.2) is 121 Å². The molecule has 0 saturated carbocycles. The van der Waals surface area contributed by atoms with Gasteiger partial charge in [0.1, 0.15) is 22.7 Å². The van der Waals surface area contributed by atoms with E-state index in [1.54, 1.807) is 0 Å². The summed E-state index contributed by atoms with van der Waals surface area (Å²) >= 11 is 0. The molecule has 70 heavy (non-hydrogen) atoms. The summed E-state index contributed by atoms with van der Waals surface area (Å²) < 4.78 is 6.49. The number of nitrogens with zero attached hydrogens (tertiary/aromatic N) is 6. The van der Waals surface area contributed by atoms with Crippen LogP contribution in [0.2, 0.25) is 0 Å². The highest BCUT2D eigenvalue weighted by atomic mass is 15.4. The summed E-state index contributed by atoms with van der Waals surface area (Å²) in [5.41, 5.74) is 5.52. The molecule has 0 amide bonds. The molecule has 6 heteroatoms. The largest absolute Gasteiger partial charge is 0.328 e. The van der Waals surface area contributed by atoms with Gasteiger partial charge in [-0.1, -0.05) is 72.8 Å². The molecule has 0 aliphatic heterocycles. The smallest absolute Gasteiger partial charge is 0.137 e. The third kappa shape index (κ3) is 22.6. The van der Waals surface area contributed by atoms with Crippen molar-refractivity contribution in [1.82, 2.24) is 8.97 Å². The van der Waals surface area contributed by atoms with Crippen LogP contribution < -0.4 is 8.97 Å². The summed E-state index contributed by atoms with van der Waals surface area (Å²) in [4.78, 5) is 0. The predicted molar refractivity (Wildman–Crippen MR) is 310 cm³/mol. The Bertz CT molecular complexity index is 1690. The second kappa shape index (κ2) is 30.6. The molecule has 0 aromatic heterocycles. The highest BCUT2D eigenvalue weighted by Crippen LogP contribution is 2.34. The van der Waals surface area contributed by atoms with Crippen LogP contribution in [0.25, 0.3) is 0 Å². The minimum Gasteiger partial charge on any atom is -0.328 e. The van der Waals surface area contributed by atoms with Crippen LogP contribution in [-0.2, 0) is 0 Å². The number of hydrogen-bond acceptors (Lipinski definition) is 0. The minimum absolute atomic E-state index is 0.881. The molecule has 390 valence electrons. The standard InChI is InChI=1S/C64H110N6/c1-65(2,53-35-13-15-37-55-67(5,6)57-39-17-19-41-59-69(9,61-43-25-21-26-44-61)62-45-27-22-28-46-62)51-33-11-12-34-52-66(3,4)54-36-14-16-38-56-68(7,8)58-40-18-20-42-60-70(10,63-47-29-23-30-48-63)64-49-31-24-32-50-64/h21-32,43-50H,11-20,33-42,51-60H2,1-10H3/q+6. The van der Waals surface area contributed by atoms with Crippen LogP contribution in [0.1, 0.15) is 128 Å². The van der Waals surface area contributed by atoms with E-state index in [1.807, 2.05) is 0 Å². The number of rotatable bonds is 39. The van der Waals surface area contributed by atoms with Gasteiger partial charge in [-0.2, -0.15) is 0 Å². The van der Waals surface area contributed by atoms with Crippen molar-refractivity contribution in [1.29, 1.82) is 0 Å². The van der Waals surface area contributed by atoms with Crippen LogP contribution in [-0.4, -0.2) is 154 Å². The Morgan fingerprint density at radius 1 is 0.186 bits per heavy atom. The van der Waals surface area contributed by atoms with Gasteiger partial charge in [0.25, 0.3) is 0 Å². The fourth-order valence-electron chi connectivity index (χ4n) is 11.2. The Labute approximate surface area is 433 Å². The average Bonchev–Trinajstić information content (AvgIpc) is 3.35. The highest BCUT2D eigenvalue weighted by molar-refractivity contribution is 5.58. The van der Waals surface area contributed by atoms with E-state index in [1.165, 1.54) is 221 Å². The Morgan fingerprint density at radius 3 is 0.486 bits per heavy atom. The van der Waals surface area contributed by atoms with Gasteiger partial charge in [0.2, 0.25) is 0 Å². The molecule has 0 unspecified atom stereocenters. The van der Waals surface area contributed by atoms with E-state index in [0.717, 1.165) is 22.1 Å². The first-order valence-corrected chi connectivity index (χ1v) is 28.7. The maximum absolute atomic E-state index is 2.47. The van der Waals surface area contributed by atoms with Gasteiger partial charge in [0.05, 0.1) is 136 Å². The molecule has 0 bridgehead atoms. The monoisotopic (exact) mass is 963 g/mol. The maximum Gasteiger partial charge on any atom is 0.137 e. The lowest BCUT2D eigenvalue weighted by molar-refractivity contribution is -0.891. The van der Waals surface area contributed by atoms with E-state index in [9.17, 15) is 0 Å². The van der Waals surface area contributed by atoms with Crippen molar-refractivity contribution in [3.63, 3.8) is 0 Å². The van der Waals surface area contributed by atoms with Crippen LogP contribution in [0.3, 0.4) is 0 Å². The number of quaternary nitrogens is 6. The molecule has 0 spiro atoms. The average molecular weight is 964 g/mol. The molecular weight excluding hydrogens is 853 g/mol. The van der Waals surface area contributed by atoms with Crippen molar-refractivity contribution in [3.05, 3.63) is 121 Å². The molecule has 0 aliphatic rings. The van der Waals surface area contributed by atoms with Gasteiger partial charge in [-0.05, 0) is 177 Å². The molecule has 4 rings (SSSR count). The third-order valence-corrected chi connectivity index (χ3v) is 16.4. The van der Waals surface area contributed by atoms with E-state index in [2.05, 4.69) is 192 Å². The minimum atomic E-state index is 0.881. The molecular formula is C64H110N6+6. The number of unbranched alkanes of at least 4 members (excludes halogenated alkanes) is 15. The van der Waals surface area contributed by atoms with Crippen LogP contribution in [0.4, 0.5) is 22.7 Å². The Morgan fingerprint density at radius 2 is 0.329 bits per heavy atom. The zero-order valence-electron chi connectivity index (χ0n) is 47.4. The first-order valence-electron chi connectivity index (χ1n) is 28.7. The normalized spacial score (nSPS) is 13.0. The molecule has 0 radical (unpaired) electrons. The summed E-state index contributed by atoms with van der Waals surface area (Å²) in [5, 5.41) is 0. The summed E-state index contributed by atoms with van der Waals surface area (Å²) in [6.07, 6.45) is 27.0. The molecule has 0 atom stereocenters. The van der Waals surface area contributed by atoms with E-state index in [0.29, 0.717) is 0 Å². The fourth-order valence-corrected chi connectivity index (χ4v) is 11.2. The summed E-state index contributed by atoms with van der Waals surface area (Å²) in [7, 11) is 24.5. The summed E-state index contributed by atoms with van der Waals surface area (Å²) in [6.45, 7) is 12.9. The highest BCUT2D eigenvalue weighted by Gasteiger charge is 2.29. The van der Waals surface area contributed by atoms with Gasteiger partial charge in [-0.3, -0.25) is 8.97 Å². The van der Waals surface area contributed by atoms with Gasteiger partial charge in [-0.15, -0.1) is 0 Å². The molecule has 0 fully saturated rings. The molecule has 0 heterocycles. The van der Waals surface area contributed by atoms with Crippen LogP contribution in [0.5, 0.6) is 0 Å². The zero-order valence-corrected chi connectivity index (χ0v) is 47.4. The maximum atomic E-state index is 2.47. The zero-order chi connectivity index (χ0) is 50.7. The third-order valence-electron chi connectivity index (χ3n) is 16.4. The second-order valence-electron chi connectivity index (χ2n) is 24.8. The number of benzene rings is 4. The SMILES string of the molecule is C[N+](C)(CCCCCC[N+](C)(C)CCCCCC[N+](C)(C)CCCCCC[N+](C)(c1ccccc1)c1ccccc1)CCCCCC[N+](C)(C)CCCCCC[N+](C)(c1ccccc1)c1ccccc1. The second-order valence-corrected chi connectivity index (χ2v) is 24.8. The molecule has 0 aliphatic carbocycles. The first-order chi connectivity index (χ1) is 33.5. The number of para-hydroxylation sites is 4. The lowest BCUT2D eigenvalue weighted by atomic mass is 10.1. The molecule has 6 nitrogen and oxygen atoms in total. The molecule has 0 saturated heterocycles. The van der Waals surface area contributed by atoms with E-state index in [4.69, 9.17) is 0 Å². The summed E-state index contributed by atoms with van der Waals surface area (Å²) in [6, 6.07) is 44.3. The predicted octanol–water partition coefficient (Wildman–Crippen LogP) is 15.0. The molecule has 4 aromatic carbocycles. The lowest BCUT2D eigenvalue weighted by Crippen LogP contribution is -2.42. The first kappa shape index (κ1) is 59.2. The van der Waals surface area contributed by atoms with Gasteiger partial charge in [0.15, 0.2) is 0 Å².